The molecule has 0 unspecified atom stereocenters. The molecule has 0 saturated carbocycles. The fraction of sp³-hybridized carbons (Fsp3) is 0.269. The monoisotopic (exact) mass is 441 g/mol. The molecule has 2 atom stereocenters. The van der Waals surface area contributed by atoms with Gasteiger partial charge >= 0.3 is 0 Å². The van der Waals surface area contributed by atoms with Gasteiger partial charge in [0.2, 0.25) is 5.91 Å². The zero-order chi connectivity index (χ0) is 22.8. The number of benzene rings is 1. The van der Waals surface area contributed by atoms with E-state index in [4.69, 9.17) is 10.5 Å². The first-order valence-corrected chi connectivity index (χ1v) is 11.2. The Balaban J connectivity index is 1.30. The number of ether oxygens (including phenoxy) is 1. The molecule has 4 aromatic rings. The number of nitrogens with zero attached hydrogens (tertiary/aromatic N) is 3. The van der Waals surface area contributed by atoms with E-state index in [2.05, 4.69) is 19.9 Å². The van der Waals surface area contributed by atoms with Crippen molar-refractivity contribution in [3.63, 3.8) is 0 Å². The van der Waals surface area contributed by atoms with E-state index in [1.54, 1.807) is 18.6 Å². The highest BCUT2D eigenvalue weighted by Gasteiger charge is 2.38. The largest absolute Gasteiger partial charge is 0.457 e. The molecule has 0 bridgehead atoms. The van der Waals surface area contributed by atoms with Gasteiger partial charge in [-0.3, -0.25) is 14.7 Å². The van der Waals surface area contributed by atoms with Gasteiger partial charge in [-0.2, -0.15) is 0 Å². The molecule has 0 aliphatic carbocycles. The van der Waals surface area contributed by atoms with E-state index in [9.17, 15) is 4.79 Å². The maximum Gasteiger partial charge on any atom is 0.235 e. The van der Waals surface area contributed by atoms with Crippen LogP contribution in [0, 0.1) is 6.92 Å². The number of pyridine rings is 2. The van der Waals surface area contributed by atoms with E-state index in [1.807, 2.05) is 55.6 Å². The minimum absolute atomic E-state index is 0.0774. The van der Waals surface area contributed by atoms with E-state index in [-0.39, 0.29) is 17.9 Å². The molecule has 7 nitrogen and oxygen atoms in total. The molecule has 0 radical (unpaired) electrons. The summed E-state index contributed by atoms with van der Waals surface area (Å²) in [5.41, 5.74) is 10.1. The molecule has 1 fully saturated rings. The van der Waals surface area contributed by atoms with Crippen molar-refractivity contribution in [3.8, 4) is 11.5 Å². The van der Waals surface area contributed by atoms with Crippen LogP contribution in [0.15, 0.2) is 67.3 Å². The minimum Gasteiger partial charge on any atom is -0.457 e. The minimum atomic E-state index is -0.305. The first-order valence-electron chi connectivity index (χ1n) is 11.2. The normalized spacial score (nSPS) is 18.6. The Bertz CT molecular complexity index is 1250. The summed E-state index contributed by atoms with van der Waals surface area (Å²) in [7, 11) is 0. The summed E-state index contributed by atoms with van der Waals surface area (Å²) in [6, 6.07) is 13.6. The van der Waals surface area contributed by atoms with Gasteiger partial charge in [0.1, 0.15) is 17.1 Å². The molecule has 168 valence electrons. The summed E-state index contributed by atoms with van der Waals surface area (Å²) in [6.45, 7) is 3.67. The van der Waals surface area contributed by atoms with Gasteiger partial charge in [-0.1, -0.05) is 12.1 Å². The van der Waals surface area contributed by atoms with Gasteiger partial charge in [0.25, 0.3) is 0 Å². The SMILES string of the molecule is Cc1c[nH]c2nccc(Oc3ccc([C@H]4CCN(CCc5ccncc5)[C@@H]4C(N)=O)cc3)c12. The lowest BCUT2D eigenvalue weighted by atomic mass is 9.91. The van der Waals surface area contributed by atoms with Crippen LogP contribution in [0.2, 0.25) is 0 Å². The van der Waals surface area contributed by atoms with Gasteiger partial charge in [-0.25, -0.2) is 4.98 Å². The Hall–Kier alpha value is -3.71. The lowest BCUT2D eigenvalue weighted by Crippen LogP contribution is -2.43. The van der Waals surface area contributed by atoms with Crippen molar-refractivity contribution in [2.24, 2.45) is 5.73 Å². The van der Waals surface area contributed by atoms with Crippen molar-refractivity contribution in [1.82, 2.24) is 19.9 Å². The number of fused-ring (bicyclic) bond motifs is 1. The summed E-state index contributed by atoms with van der Waals surface area (Å²) in [4.78, 5) is 26.2. The molecule has 7 heteroatoms. The third-order valence-corrected chi connectivity index (χ3v) is 6.50. The van der Waals surface area contributed by atoms with Crippen LogP contribution < -0.4 is 10.5 Å². The zero-order valence-electron chi connectivity index (χ0n) is 18.6. The van der Waals surface area contributed by atoms with Gasteiger partial charge in [-0.05, 0) is 73.3 Å². The highest BCUT2D eigenvalue weighted by atomic mass is 16.5. The van der Waals surface area contributed by atoms with Crippen LogP contribution in [0.3, 0.4) is 0 Å². The molecule has 1 aliphatic rings. The van der Waals surface area contributed by atoms with Gasteiger partial charge in [0.05, 0.1) is 11.4 Å². The number of aromatic amines is 1. The lowest BCUT2D eigenvalue weighted by Gasteiger charge is -2.25. The second kappa shape index (κ2) is 9.03. The molecule has 5 rings (SSSR count). The predicted molar refractivity (Wildman–Crippen MR) is 127 cm³/mol. The number of amides is 1. The quantitative estimate of drug-likeness (QED) is 0.453. The maximum atomic E-state index is 12.4. The van der Waals surface area contributed by atoms with Crippen LogP contribution in [0.25, 0.3) is 11.0 Å². The van der Waals surface area contributed by atoms with Crippen LogP contribution in [0.1, 0.15) is 29.0 Å². The van der Waals surface area contributed by atoms with Gasteiger partial charge < -0.3 is 15.5 Å². The van der Waals surface area contributed by atoms with Gasteiger partial charge in [-0.15, -0.1) is 0 Å². The van der Waals surface area contributed by atoms with E-state index in [0.29, 0.717) is 0 Å². The molecule has 0 spiro atoms. The second-order valence-electron chi connectivity index (χ2n) is 8.56. The number of H-pyrrole nitrogens is 1. The molecule has 33 heavy (non-hydrogen) atoms. The Morgan fingerprint density at radius 3 is 2.70 bits per heavy atom. The molecule has 1 aromatic carbocycles. The van der Waals surface area contributed by atoms with Crippen molar-refractivity contribution >= 4 is 16.9 Å². The summed E-state index contributed by atoms with van der Waals surface area (Å²) < 4.78 is 6.16. The fourth-order valence-corrected chi connectivity index (χ4v) is 4.84. The van der Waals surface area contributed by atoms with Crippen LogP contribution in [0.4, 0.5) is 0 Å². The Morgan fingerprint density at radius 1 is 1.15 bits per heavy atom. The first kappa shape index (κ1) is 21.2. The molecule has 1 aliphatic heterocycles. The second-order valence-corrected chi connectivity index (χ2v) is 8.56. The summed E-state index contributed by atoms with van der Waals surface area (Å²) in [5.74, 6) is 1.32. The van der Waals surface area contributed by atoms with Crippen LogP contribution >= 0.6 is 0 Å². The Kier molecular flexibility index (Phi) is 5.79. The van der Waals surface area contributed by atoms with Crippen molar-refractivity contribution in [1.29, 1.82) is 0 Å². The summed E-state index contributed by atoms with van der Waals surface area (Å²) >= 11 is 0. The topological polar surface area (TPSA) is 97.1 Å². The van der Waals surface area contributed by atoms with Crippen LogP contribution in [-0.2, 0) is 11.2 Å². The first-order chi connectivity index (χ1) is 16.1. The number of hydrogen-bond donors (Lipinski definition) is 2. The zero-order valence-corrected chi connectivity index (χ0v) is 18.6. The van der Waals surface area contributed by atoms with Crippen molar-refractivity contribution in [3.05, 3.63) is 83.9 Å². The van der Waals surface area contributed by atoms with Crippen LogP contribution in [0.5, 0.6) is 11.5 Å². The average molecular weight is 442 g/mol. The molecular weight excluding hydrogens is 414 g/mol. The standard InChI is InChI=1S/C26H27N5O2/c1-17-16-30-26-23(17)22(8-13-29-26)33-20-4-2-19(3-5-20)21-10-15-31(24(21)25(27)32)14-9-18-6-11-28-12-7-18/h2-8,11-13,16,21,24H,9-10,14-15H2,1H3,(H2,27,32)(H,29,30)/t21-,24+/m1/s1. The number of carbonyl (C=O) groups is 1. The third kappa shape index (κ3) is 4.32. The number of hydrogen-bond acceptors (Lipinski definition) is 5. The molecule has 1 amide bonds. The third-order valence-electron chi connectivity index (χ3n) is 6.50. The molecule has 3 aromatic heterocycles. The molecule has 1 saturated heterocycles. The number of aromatic nitrogens is 3. The maximum absolute atomic E-state index is 12.4. The number of aryl methyl sites for hydroxylation is 1. The number of rotatable bonds is 7. The van der Waals surface area contributed by atoms with E-state index in [1.165, 1.54) is 5.56 Å². The number of nitrogens with one attached hydrogen (secondary N) is 1. The van der Waals surface area contributed by atoms with Gasteiger partial charge in [0.15, 0.2) is 0 Å². The number of likely N-dealkylation sites (tertiary alicyclic amines) is 1. The predicted octanol–water partition coefficient (Wildman–Crippen LogP) is 3.94. The highest BCUT2D eigenvalue weighted by molar-refractivity contribution is 5.86. The fourth-order valence-electron chi connectivity index (χ4n) is 4.84. The van der Waals surface area contributed by atoms with E-state index >= 15 is 0 Å². The summed E-state index contributed by atoms with van der Waals surface area (Å²) in [5, 5.41) is 0.982. The molecular formula is C26H27N5O2. The summed E-state index contributed by atoms with van der Waals surface area (Å²) in [6.07, 6.45) is 9.02. The molecule has 4 heterocycles. The van der Waals surface area contributed by atoms with Crippen LogP contribution in [-0.4, -0.2) is 44.9 Å². The van der Waals surface area contributed by atoms with Gasteiger partial charge in [0, 0.05) is 37.3 Å². The van der Waals surface area contributed by atoms with E-state index in [0.717, 1.165) is 59.6 Å². The van der Waals surface area contributed by atoms with Crippen molar-refractivity contribution in [2.75, 3.05) is 13.1 Å². The Labute approximate surface area is 192 Å². The Morgan fingerprint density at radius 2 is 1.94 bits per heavy atom. The number of nitrogens with two attached hydrogens (primary N) is 1. The molecule has 3 N–H and O–H groups in total. The average Bonchev–Trinajstić information content (AvgIpc) is 3.43. The smallest absolute Gasteiger partial charge is 0.235 e. The number of carbonyl (C=O) groups excluding carboxylic acids is 1. The highest BCUT2D eigenvalue weighted by Crippen LogP contribution is 2.36. The van der Waals surface area contributed by atoms with Crippen molar-refractivity contribution < 1.29 is 9.53 Å². The number of primary amides is 1. The lowest BCUT2D eigenvalue weighted by molar-refractivity contribution is -0.122. The van der Waals surface area contributed by atoms with Crippen molar-refractivity contribution in [2.45, 2.75) is 31.7 Å². The van der Waals surface area contributed by atoms with E-state index < -0.39 is 0 Å².